The normalized spacial score (nSPS) is 36.5. The van der Waals surface area contributed by atoms with Gasteiger partial charge in [-0.25, -0.2) is 0 Å². The van der Waals surface area contributed by atoms with E-state index in [9.17, 15) is 4.79 Å². The predicted molar refractivity (Wildman–Crippen MR) is 108 cm³/mol. The second-order valence-electron chi connectivity index (χ2n) is 9.93. The third-order valence-electron chi connectivity index (χ3n) is 7.99. The summed E-state index contributed by atoms with van der Waals surface area (Å²) in [5.41, 5.74) is 1.32. The maximum absolute atomic E-state index is 13.4. The number of hydrogen-bond acceptors (Lipinski definition) is 2. The van der Waals surface area contributed by atoms with Gasteiger partial charge < -0.3 is 5.32 Å². The van der Waals surface area contributed by atoms with Gasteiger partial charge in [-0.3, -0.25) is 9.69 Å². The van der Waals surface area contributed by atoms with Crippen LogP contribution in [0.25, 0.3) is 0 Å². The van der Waals surface area contributed by atoms with Crippen molar-refractivity contribution in [3.8, 4) is 0 Å². The Morgan fingerprint density at radius 2 is 1.56 bits per heavy atom. The Morgan fingerprint density at radius 1 is 0.963 bits per heavy atom. The molecule has 1 saturated heterocycles. The average Bonchev–Trinajstić information content (AvgIpc) is 2.69. The Morgan fingerprint density at radius 3 is 2.15 bits per heavy atom. The quantitative estimate of drug-likeness (QED) is 0.829. The van der Waals surface area contributed by atoms with E-state index in [0.29, 0.717) is 11.9 Å². The molecule has 0 unspecified atom stereocenters. The Kier molecular flexibility index (Phi) is 4.75. The van der Waals surface area contributed by atoms with Gasteiger partial charge in [-0.15, -0.1) is 0 Å². The van der Waals surface area contributed by atoms with Crippen LogP contribution < -0.4 is 5.32 Å². The minimum Gasteiger partial charge on any atom is -0.354 e. The largest absolute Gasteiger partial charge is 0.354 e. The predicted octanol–water partition coefficient (Wildman–Crippen LogP) is 4.55. The number of rotatable bonds is 5. The number of hydrogen-bond donors (Lipinski definition) is 1. The molecule has 5 fully saturated rings. The number of benzene rings is 1. The van der Waals surface area contributed by atoms with Crippen molar-refractivity contribution < 1.29 is 4.79 Å². The highest BCUT2D eigenvalue weighted by Gasteiger charge is 2.54. The Hall–Kier alpha value is -1.35. The molecule has 1 N–H and O–H groups in total. The fraction of sp³-hybridized carbons (Fsp3) is 0.708. The summed E-state index contributed by atoms with van der Waals surface area (Å²) in [4.78, 5) is 16.0. The molecular weight excluding hydrogens is 332 g/mol. The highest BCUT2D eigenvalue weighted by molar-refractivity contribution is 5.83. The number of nitrogens with one attached hydrogen (secondary N) is 1. The first-order valence-electron chi connectivity index (χ1n) is 11.3. The van der Waals surface area contributed by atoms with Crippen LogP contribution in [0.15, 0.2) is 30.3 Å². The van der Waals surface area contributed by atoms with Crippen LogP contribution in [0.1, 0.15) is 69.4 Å². The SMILES string of the molecule is O=C(NC[C@H](c1ccccc1)N1CCCCC1)C12CC3CC(CC(C3)C1)C2. The third-order valence-corrected chi connectivity index (χ3v) is 7.99. The van der Waals surface area contributed by atoms with Gasteiger partial charge in [-0.05, 0) is 87.8 Å². The van der Waals surface area contributed by atoms with Crippen LogP contribution in [0.4, 0.5) is 0 Å². The van der Waals surface area contributed by atoms with Gasteiger partial charge in [0.05, 0.1) is 6.04 Å². The summed E-state index contributed by atoms with van der Waals surface area (Å²) in [5, 5.41) is 3.45. The van der Waals surface area contributed by atoms with E-state index in [1.165, 1.54) is 44.1 Å². The molecular formula is C24H34N2O. The lowest BCUT2D eigenvalue weighted by Gasteiger charge is -2.55. The Bertz CT molecular complexity index is 629. The molecule has 1 atom stereocenters. The van der Waals surface area contributed by atoms with Gasteiger partial charge in [0.1, 0.15) is 0 Å². The molecule has 4 aliphatic carbocycles. The van der Waals surface area contributed by atoms with Crippen LogP contribution in [-0.2, 0) is 4.79 Å². The summed E-state index contributed by atoms with van der Waals surface area (Å²) in [5.74, 6) is 2.86. The lowest BCUT2D eigenvalue weighted by Crippen LogP contribution is -2.54. The molecule has 4 saturated carbocycles. The highest BCUT2D eigenvalue weighted by Crippen LogP contribution is 2.60. The van der Waals surface area contributed by atoms with E-state index >= 15 is 0 Å². The summed E-state index contributed by atoms with van der Waals surface area (Å²) in [7, 11) is 0. The van der Waals surface area contributed by atoms with Crippen molar-refractivity contribution >= 4 is 5.91 Å². The summed E-state index contributed by atoms with van der Waals surface area (Å²) >= 11 is 0. The van der Waals surface area contributed by atoms with E-state index < -0.39 is 0 Å². The molecule has 0 radical (unpaired) electrons. The summed E-state index contributed by atoms with van der Waals surface area (Å²) in [6.45, 7) is 3.09. The van der Waals surface area contributed by atoms with Crippen molar-refractivity contribution in [2.45, 2.75) is 63.8 Å². The van der Waals surface area contributed by atoms with Gasteiger partial charge >= 0.3 is 0 Å². The van der Waals surface area contributed by atoms with Crippen LogP contribution in [0.3, 0.4) is 0 Å². The average molecular weight is 367 g/mol. The maximum Gasteiger partial charge on any atom is 0.226 e. The number of piperidine rings is 1. The molecule has 1 aliphatic heterocycles. The lowest BCUT2D eigenvalue weighted by molar-refractivity contribution is -0.146. The molecule has 5 aliphatic rings. The number of carbonyl (C=O) groups is 1. The molecule has 1 heterocycles. The first-order valence-corrected chi connectivity index (χ1v) is 11.3. The lowest BCUT2D eigenvalue weighted by atomic mass is 9.49. The van der Waals surface area contributed by atoms with E-state index in [1.807, 2.05) is 0 Å². The molecule has 27 heavy (non-hydrogen) atoms. The second-order valence-corrected chi connectivity index (χ2v) is 9.93. The van der Waals surface area contributed by atoms with Gasteiger partial charge in [0.15, 0.2) is 0 Å². The minimum atomic E-state index is -0.0299. The molecule has 1 aromatic rings. The summed E-state index contributed by atoms with van der Waals surface area (Å²) in [6.07, 6.45) is 11.6. The molecule has 0 aromatic heterocycles. The van der Waals surface area contributed by atoms with Gasteiger partial charge in [0.2, 0.25) is 5.91 Å². The van der Waals surface area contributed by atoms with Crippen LogP contribution in [0, 0.1) is 23.2 Å². The fourth-order valence-corrected chi connectivity index (χ4v) is 7.13. The molecule has 1 amide bonds. The van der Waals surface area contributed by atoms with Crippen molar-refractivity contribution in [2.75, 3.05) is 19.6 Å². The van der Waals surface area contributed by atoms with E-state index in [-0.39, 0.29) is 5.41 Å². The fourth-order valence-electron chi connectivity index (χ4n) is 7.13. The minimum absolute atomic E-state index is 0.0299. The van der Waals surface area contributed by atoms with Crippen LogP contribution in [-0.4, -0.2) is 30.4 Å². The van der Waals surface area contributed by atoms with Gasteiger partial charge in [0.25, 0.3) is 0 Å². The van der Waals surface area contributed by atoms with Crippen molar-refractivity contribution in [3.05, 3.63) is 35.9 Å². The summed E-state index contributed by atoms with van der Waals surface area (Å²) in [6, 6.07) is 11.1. The van der Waals surface area contributed by atoms with Crippen LogP contribution in [0.5, 0.6) is 0 Å². The molecule has 4 bridgehead atoms. The monoisotopic (exact) mass is 366 g/mol. The van der Waals surface area contributed by atoms with Gasteiger partial charge in [-0.1, -0.05) is 36.8 Å². The number of amides is 1. The van der Waals surface area contributed by atoms with Crippen LogP contribution in [0.2, 0.25) is 0 Å². The van der Waals surface area contributed by atoms with Crippen molar-refractivity contribution in [1.29, 1.82) is 0 Å². The van der Waals surface area contributed by atoms with E-state index in [4.69, 9.17) is 0 Å². The zero-order valence-corrected chi connectivity index (χ0v) is 16.5. The molecule has 3 nitrogen and oxygen atoms in total. The maximum atomic E-state index is 13.4. The molecule has 3 heteroatoms. The van der Waals surface area contributed by atoms with E-state index in [2.05, 4.69) is 40.5 Å². The first kappa shape index (κ1) is 17.7. The summed E-state index contributed by atoms with van der Waals surface area (Å²) < 4.78 is 0. The Labute approximate surface area is 163 Å². The Balaban J connectivity index is 1.29. The van der Waals surface area contributed by atoms with Crippen molar-refractivity contribution in [3.63, 3.8) is 0 Å². The highest BCUT2D eigenvalue weighted by atomic mass is 16.2. The molecule has 1 aromatic carbocycles. The molecule has 6 rings (SSSR count). The molecule has 146 valence electrons. The number of carbonyl (C=O) groups excluding carboxylic acids is 1. The van der Waals surface area contributed by atoms with Gasteiger partial charge in [-0.2, -0.15) is 0 Å². The topological polar surface area (TPSA) is 32.3 Å². The van der Waals surface area contributed by atoms with E-state index in [0.717, 1.165) is 56.7 Å². The van der Waals surface area contributed by atoms with Crippen molar-refractivity contribution in [2.24, 2.45) is 23.2 Å². The molecule has 0 spiro atoms. The zero-order valence-electron chi connectivity index (χ0n) is 16.5. The number of likely N-dealkylation sites (tertiary alicyclic amines) is 1. The van der Waals surface area contributed by atoms with Crippen LogP contribution >= 0.6 is 0 Å². The third kappa shape index (κ3) is 3.44. The number of nitrogens with zero attached hydrogens (tertiary/aromatic N) is 1. The van der Waals surface area contributed by atoms with Crippen molar-refractivity contribution in [1.82, 2.24) is 10.2 Å². The first-order chi connectivity index (χ1) is 13.2. The zero-order chi connectivity index (χ0) is 18.3. The van der Waals surface area contributed by atoms with Gasteiger partial charge in [0, 0.05) is 12.0 Å². The van der Waals surface area contributed by atoms with E-state index in [1.54, 1.807) is 0 Å². The second kappa shape index (κ2) is 7.24. The standard InChI is InChI=1S/C24H34N2O/c27-23(24-14-18-11-19(15-24)13-20(12-18)16-24)25-17-22(21-7-3-1-4-8-21)26-9-5-2-6-10-26/h1,3-4,7-8,18-20,22H,2,5-6,9-17H2,(H,25,27)/t18?,19?,20?,22-,24?/m1/s1. The smallest absolute Gasteiger partial charge is 0.226 e.